The zero-order valence-corrected chi connectivity index (χ0v) is 9.74. The first-order valence-electron chi connectivity index (χ1n) is 5.71. The third-order valence-corrected chi connectivity index (χ3v) is 3.02. The van der Waals surface area contributed by atoms with Gasteiger partial charge in [-0.15, -0.1) is 0 Å². The highest BCUT2D eigenvalue weighted by Crippen LogP contribution is 2.18. The number of hydrogen-bond donors (Lipinski definition) is 2. The molecule has 0 spiro atoms. The quantitative estimate of drug-likeness (QED) is 0.682. The predicted octanol–water partition coefficient (Wildman–Crippen LogP) is 0.541. The van der Waals surface area contributed by atoms with Gasteiger partial charge in [0.1, 0.15) is 0 Å². The van der Waals surface area contributed by atoms with Crippen LogP contribution in [0.15, 0.2) is 0 Å². The normalized spacial score (nSPS) is 29.0. The summed E-state index contributed by atoms with van der Waals surface area (Å²) in [6.45, 7) is 1.33. The van der Waals surface area contributed by atoms with Crippen molar-refractivity contribution in [3.05, 3.63) is 0 Å². The van der Waals surface area contributed by atoms with Gasteiger partial charge in [0.2, 0.25) is 0 Å². The van der Waals surface area contributed by atoms with E-state index in [2.05, 4.69) is 5.32 Å². The van der Waals surface area contributed by atoms with E-state index in [4.69, 9.17) is 9.47 Å². The Kier molecular flexibility index (Phi) is 6.17. The highest BCUT2D eigenvalue weighted by Gasteiger charge is 2.23. The molecule has 1 rings (SSSR count). The second-order valence-corrected chi connectivity index (χ2v) is 4.18. The fourth-order valence-corrected chi connectivity index (χ4v) is 2.03. The second kappa shape index (κ2) is 7.17. The average Bonchev–Trinajstić information content (AvgIpc) is 2.26. The summed E-state index contributed by atoms with van der Waals surface area (Å²) < 4.78 is 10.3. The van der Waals surface area contributed by atoms with E-state index in [0.29, 0.717) is 6.61 Å². The van der Waals surface area contributed by atoms with Gasteiger partial charge in [-0.05, 0) is 12.8 Å². The van der Waals surface area contributed by atoms with Crippen LogP contribution >= 0.6 is 0 Å². The number of nitrogens with one attached hydrogen (secondary N) is 1. The van der Waals surface area contributed by atoms with Crippen LogP contribution in [-0.4, -0.2) is 50.7 Å². The highest BCUT2D eigenvalue weighted by molar-refractivity contribution is 4.81. The van der Waals surface area contributed by atoms with Crippen LogP contribution in [0, 0.1) is 0 Å². The van der Waals surface area contributed by atoms with E-state index >= 15 is 0 Å². The van der Waals surface area contributed by atoms with Gasteiger partial charge in [-0.25, -0.2) is 0 Å². The predicted molar refractivity (Wildman–Crippen MR) is 58.9 cm³/mol. The van der Waals surface area contributed by atoms with Crippen LogP contribution < -0.4 is 5.32 Å². The lowest BCUT2D eigenvalue weighted by atomic mass is 9.92. The van der Waals surface area contributed by atoms with E-state index in [0.717, 1.165) is 25.8 Å². The Hall–Kier alpha value is -0.160. The number of aliphatic hydroxyl groups excluding tert-OH is 1. The number of aliphatic hydroxyl groups is 1. The van der Waals surface area contributed by atoms with Crippen molar-refractivity contribution in [1.82, 2.24) is 5.32 Å². The van der Waals surface area contributed by atoms with Crippen molar-refractivity contribution in [3.8, 4) is 0 Å². The lowest BCUT2D eigenvalue weighted by molar-refractivity contribution is 0.0192. The minimum Gasteiger partial charge on any atom is -0.392 e. The molecule has 3 unspecified atom stereocenters. The van der Waals surface area contributed by atoms with Crippen LogP contribution in [0.1, 0.15) is 25.7 Å². The molecule has 0 heterocycles. The van der Waals surface area contributed by atoms with Gasteiger partial charge in [-0.2, -0.15) is 0 Å². The topological polar surface area (TPSA) is 50.7 Å². The lowest BCUT2D eigenvalue weighted by Crippen LogP contribution is -2.46. The molecule has 4 heteroatoms. The molecule has 0 radical (unpaired) electrons. The molecule has 0 aromatic carbocycles. The van der Waals surface area contributed by atoms with Gasteiger partial charge in [0, 0.05) is 26.8 Å². The molecule has 0 bridgehead atoms. The van der Waals surface area contributed by atoms with E-state index < -0.39 is 0 Å². The maximum atomic E-state index is 9.75. The largest absolute Gasteiger partial charge is 0.392 e. The van der Waals surface area contributed by atoms with Crippen molar-refractivity contribution in [3.63, 3.8) is 0 Å². The average molecular weight is 217 g/mol. The lowest BCUT2D eigenvalue weighted by Gasteiger charge is -2.29. The molecule has 0 amide bonds. The molecular weight excluding hydrogens is 194 g/mol. The third-order valence-electron chi connectivity index (χ3n) is 3.02. The Balaban J connectivity index is 2.21. The van der Waals surface area contributed by atoms with Gasteiger partial charge in [-0.1, -0.05) is 12.8 Å². The fourth-order valence-electron chi connectivity index (χ4n) is 2.03. The Morgan fingerprint density at radius 2 is 2.07 bits per heavy atom. The third kappa shape index (κ3) is 4.47. The monoisotopic (exact) mass is 217 g/mol. The Morgan fingerprint density at radius 3 is 2.67 bits per heavy atom. The van der Waals surface area contributed by atoms with E-state index in [-0.39, 0.29) is 18.2 Å². The highest BCUT2D eigenvalue weighted by atomic mass is 16.5. The Labute approximate surface area is 92.0 Å². The van der Waals surface area contributed by atoms with Gasteiger partial charge < -0.3 is 19.9 Å². The molecule has 0 aliphatic heterocycles. The fraction of sp³-hybridized carbons (Fsp3) is 1.00. The minimum atomic E-state index is -0.196. The van der Waals surface area contributed by atoms with Crippen molar-refractivity contribution in [1.29, 1.82) is 0 Å². The van der Waals surface area contributed by atoms with Crippen LogP contribution in [0.25, 0.3) is 0 Å². The number of hydrogen-bond acceptors (Lipinski definition) is 4. The van der Waals surface area contributed by atoms with Gasteiger partial charge in [0.25, 0.3) is 0 Å². The summed E-state index contributed by atoms with van der Waals surface area (Å²) >= 11 is 0. The molecule has 1 fully saturated rings. The molecule has 4 nitrogen and oxygen atoms in total. The molecule has 0 aromatic heterocycles. The van der Waals surface area contributed by atoms with Crippen molar-refractivity contribution >= 4 is 0 Å². The van der Waals surface area contributed by atoms with E-state index in [1.165, 1.54) is 6.42 Å². The summed E-state index contributed by atoms with van der Waals surface area (Å²) in [6.07, 6.45) is 4.20. The van der Waals surface area contributed by atoms with Crippen LogP contribution in [0.3, 0.4) is 0 Å². The van der Waals surface area contributed by atoms with Gasteiger partial charge >= 0.3 is 0 Å². The zero-order chi connectivity index (χ0) is 11.1. The molecule has 1 aliphatic carbocycles. The molecule has 2 N–H and O–H groups in total. The SMILES string of the molecule is COCC(CNC1CCCCC1O)OC. The summed E-state index contributed by atoms with van der Waals surface area (Å²) in [4.78, 5) is 0. The first-order chi connectivity index (χ1) is 7.27. The molecule has 0 aromatic rings. The van der Waals surface area contributed by atoms with Crippen LogP contribution in [-0.2, 0) is 9.47 Å². The summed E-state index contributed by atoms with van der Waals surface area (Å²) in [7, 11) is 3.35. The van der Waals surface area contributed by atoms with Gasteiger partial charge in [-0.3, -0.25) is 0 Å². The molecule has 15 heavy (non-hydrogen) atoms. The summed E-state index contributed by atoms with van der Waals surface area (Å²) in [5.74, 6) is 0. The molecule has 90 valence electrons. The molecule has 0 saturated heterocycles. The van der Waals surface area contributed by atoms with Crippen LogP contribution in [0.4, 0.5) is 0 Å². The van der Waals surface area contributed by atoms with Crippen molar-refractivity contribution < 1.29 is 14.6 Å². The van der Waals surface area contributed by atoms with E-state index in [1.54, 1.807) is 14.2 Å². The smallest absolute Gasteiger partial charge is 0.0928 e. The summed E-state index contributed by atoms with van der Waals surface area (Å²) in [5, 5.41) is 13.1. The van der Waals surface area contributed by atoms with Crippen molar-refractivity contribution in [2.24, 2.45) is 0 Å². The van der Waals surface area contributed by atoms with Crippen LogP contribution in [0.5, 0.6) is 0 Å². The Morgan fingerprint density at radius 1 is 1.33 bits per heavy atom. The molecule has 1 aliphatic rings. The Bertz CT molecular complexity index is 166. The standard InChI is InChI=1S/C11H23NO3/c1-14-8-9(15-2)7-12-10-5-3-4-6-11(10)13/h9-13H,3-8H2,1-2H3. The first-order valence-corrected chi connectivity index (χ1v) is 5.71. The van der Waals surface area contributed by atoms with Crippen molar-refractivity contribution in [2.45, 2.75) is 43.9 Å². The summed E-state index contributed by atoms with van der Waals surface area (Å²) in [5.41, 5.74) is 0. The van der Waals surface area contributed by atoms with E-state index in [1.807, 2.05) is 0 Å². The number of methoxy groups -OCH3 is 2. The van der Waals surface area contributed by atoms with Gasteiger partial charge in [0.15, 0.2) is 0 Å². The van der Waals surface area contributed by atoms with E-state index in [9.17, 15) is 5.11 Å². The van der Waals surface area contributed by atoms with Gasteiger partial charge in [0.05, 0.1) is 18.8 Å². The molecular formula is C11H23NO3. The zero-order valence-electron chi connectivity index (χ0n) is 9.74. The first kappa shape index (κ1) is 12.9. The maximum absolute atomic E-state index is 9.75. The molecule has 3 atom stereocenters. The number of ether oxygens (including phenoxy) is 2. The molecule has 1 saturated carbocycles. The maximum Gasteiger partial charge on any atom is 0.0928 e. The second-order valence-electron chi connectivity index (χ2n) is 4.18. The summed E-state index contributed by atoms with van der Waals surface area (Å²) in [6, 6.07) is 0.230. The van der Waals surface area contributed by atoms with Crippen molar-refractivity contribution in [2.75, 3.05) is 27.4 Å². The number of rotatable bonds is 6. The minimum absolute atomic E-state index is 0.0733. The van der Waals surface area contributed by atoms with Crippen LogP contribution in [0.2, 0.25) is 0 Å².